The van der Waals surface area contributed by atoms with Crippen molar-refractivity contribution in [2.45, 2.75) is 12.5 Å². The van der Waals surface area contributed by atoms with Gasteiger partial charge in [0.25, 0.3) is 6.02 Å². The maximum absolute atomic E-state index is 14.4. The average Bonchev–Trinajstić information content (AvgIpc) is 3.25. The fourth-order valence-electron chi connectivity index (χ4n) is 3.90. The van der Waals surface area contributed by atoms with Gasteiger partial charge < -0.3 is 20.3 Å². The number of alkyl halides is 1. The fourth-order valence-corrected chi connectivity index (χ4v) is 4.06. The molecule has 0 amide bonds. The van der Waals surface area contributed by atoms with Gasteiger partial charge in [0.1, 0.15) is 12.4 Å². The Labute approximate surface area is 200 Å². The minimum Gasteiger partial charge on any atom is -0.462 e. The number of amidine groups is 1. The molecule has 4 heterocycles. The van der Waals surface area contributed by atoms with Crippen LogP contribution in [0.2, 0.25) is 0 Å². The van der Waals surface area contributed by atoms with Crippen LogP contribution in [0.5, 0.6) is 11.6 Å². The second kappa shape index (κ2) is 8.28. The highest BCUT2D eigenvalue weighted by Gasteiger charge is 2.48. The zero-order chi connectivity index (χ0) is 23.9. The Morgan fingerprint density at radius 2 is 2.12 bits per heavy atom. The van der Waals surface area contributed by atoms with Gasteiger partial charge in [-0.2, -0.15) is 4.39 Å². The number of fused-ring (bicyclic) bond motifs is 4. The maximum Gasteiger partial charge on any atom is 0.283 e. The van der Waals surface area contributed by atoms with E-state index in [1.165, 1.54) is 6.20 Å². The first-order valence-corrected chi connectivity index (χ1v) is 11.0. The second-order valence-electron chi connectivity index (χ2n) is 8.43. The smallest absolute Gasteiger partial charge is 0.283 e. The topological polar surface area (TPSA) is 103 Å². The standard InChI is InChI=1S/C25H20ClFN4O3/c1-24(12-26,13-32)7-6-15-9-19-22(30-11-15)34-20-5-4-16(17-3-2-8-29-21(17)27)10-18(20)25(19)14-33-23(28)31-25/h2-5,8-11,32H,12-14H2,1H3,(H2,28,31). The number of ether oxygens (including phenoxy) is 2. The number of pyridine rings is 2. The van der Waals surface area contributed by atoms with Crippen molar-refractivity contribution in [3.63, 3.8) is 0 Å². The van der Waals surface area contributed by atoms with Crippen molar-refractivity contribution in [1.82, 2.24) is 9.97 Å². The predicted octanol–water partition coefficient (Wildman–Crippen LogP) is 3.57. The molecule has 5 rings (SSSR count). The summed E-state index contributed by atoms with van der Waals surface area (Å²) < 4.78 is 26.1. The number of halogens is 2. The number of hydrogen-bond donors (Lipinski definition) is 2. The average molecular weight is 479 g/mol. The molecule has 0 saturated heterocycles. The van der Waals surface area contributed by atoms with E-state index >= 15 is 0 Å². The molecule has 7 nitrogen and oxygen atoms in total. The monoisotopic (exact) mass is 478 g/mol. The third-order valence-corrected chi connectivity index (χ3v) is 6.47. The van der Waals surface area contributed by atoms with Gasteiger partial charge in [-0.25, -0.2) is 15.0 Å². The zero-order valence-electron chi connectivity index (χ0n) is 18.2. The number of benzene rings is 1. The van der Waals surface area contributed by atoms with Gasteiger partial charge in [-0.3, -0.25) is 0 Å². The lowest BCUT2D eigenvalue weighted by Crippen LogP contribution is -2.31. The van der Waals surface area contributed by atoms with Crippen molar-refractivity contribution in [2.24, 2.45) is 16.1 Å². The van der Waals surface area contributed by atoms with E-state index in [1.54, 1.807) is 43.5 Å². The summed E-state index contributed by atoms with van der Waals surface area (Å²) in [6.07, 6.45) is 2.98. The molecule has 1 aromatic carbocycles. The Morgan fingerprint density at radius 1 is 1.26 bits per heavy atom. The van der Waals surface area contributed by atoms with Gasteiger partial charge >= 0.3 is 0 Å². The van der Waals surface area contributed by atoms with E-state index in [2.05, 4.69) is 26.8 Å². The lowest BCUT2D eigenvalue weighted by atomic mass is 9.81. The van der Waals surface area contributed by atoms with Crippen molar-refractivity contribution < 1.29 is 19.0 Å². The van der Waals surface area contributed by atoms with Crippen molar-refractivity contribution in [2.75, 3.05) is 19.1 Å². The van der Waals surface area contributed by atoms with Crippen LogP contribution in [0.15, 0.2) is 53.8 Å². The molecular weight excluding hydrogens is 459 g/mol. The summed E-state index contributed by atoms with van der Waals surface area (Å²) in [6, 6.07) is 10.5. The fraction of sp³-hybridized carbons (Fsp3) is 0.240. The highest BCUT2D eigenvalue weighted by molar-refractivity contribution is 6.18. The van der Waals surface area contributed by atoms with Crippen LogP contribution in [0.3, 0.4) is 0 Å². The van der Waals surface area contributed by atoms with Crippen molar-refractivity contribution in [3.05, 3.63) is 71.4 Å². The van der Waals surface area contributed by atoms with Gasteiger partial charge in [0, 0.05) is 35.0 Å². The summed E-state index contributed by atoms with van der Waals surface area (Å²) in [4.78, 5) is 12.8. The minimum absolute atomic E-state index is 0.0308. The van der Waals surface area contributed by atoms with Gasteiger partial charge in [0.2, 0.25) is 11.8 Å². The quantitative estimate of drug-likeness (QED) is 0.339. The molecule has 9 heteroatoms. The summed E-state index contributed by atoms with van der Waals surface area (Å²) in [5.41, 5.74) is 6.98. The third kappa shape index (κ3) is 3.63. The lowest BCUT2D eigenvalue weighted by molar-refractivity contribution is 0.209. The van der Waals surface area contributed by atoms with Gasteiger partial charge in [-0.05, 0) is 42.8 Å². The normalized spacial score (nSPS) is 19.6. The molecule has 0 radical (unpaired) electrons. The molecular formula is C25H20ClFN4O3. The van der Waals surface area contributed by atoms with Crippen LogP contribution in [-0.4, -0.2) is 40.2 Å². The second-order valence-corrected chi connectivity index (χ2v) is 8.70. The van der Waals surface area contributed by atoms with E-state index in [1.807, 2.05) is 6.07 Å². The Balaban J connectivity index is 1.66. The number of aliphatic hydroxyl groups excluding tert-OH is 1. The molecule has 3 N–H and O–H groups in total. The molecule has 0 aliphatic carbocycles. The van der Waals surface area contributed by atoms with E-state index in [9.17, 15) is 9.50 Å². The minimum atomic E-state index is -1.04. The number of hydrogen-bond acceptors (Lipinski definition) is 7. The van der Waals surface area contributed by atoms with Crippen LogP contribution in [0.25, 0.3) is 11.1 Å². The summed E-state index contributed by atoms with van der Waals surface area (Å²) in [5.74, 6) is 6.51. The molecule has 172 valence electrons. The van der Waals surface area contributed by atoms with E-state index in [0.29, 0.717) is 39.4 Å². The molecule has 34 heavy (non-hydrogen) atoms. The predicted molar refractivity (Wildman–Crippen MR) is 125 cm³/mol. The Bertz CT molecular complexity index is 1380. The number of nitrogens with zero attached hydrogens (tertiary/aromatic N) is 3. The van der Waals surface area contributed by atoms with Crippen LogP contribution in [0, 0.1) is 23.2 Å². The number of aliphatic hydroxyl groups is 1. The molecule has 0 bridgehead atoms. The van der Waals surface area contributed by atoms with Crippen LogP contribution >= 0.6 is 11.6 Å². The number of aromatic nitrogens is 2. The van der Waals surface area contributed by atoms with E-state index < -0.39 is 16.9 Å². The zero-order valence-corrected chi connectivity index (χ0v) is 18.9. The maximum atomic E-state index is 14.4. The van der Waals surface area contributed by atoms with Gasteiger partial charge in [0.05, 0.1) is 17.6 Å². The van der Waals surface area contributed by atoms with Crippen LogP contribution < -0.4 is 10.5 Å². The largest absolute Gasteiger partial charge is 0.462 e. The van der Waals surface area contributed by atoms with E-state index in [0.717, 1.165) is 0 Å². The highest BCUT2D eigenvalue weighted by Crippen LogP contribution is 2.51. The highest BCUT2D eigenvalue weighted by atomic mass is 35.5. The number of aliphatic imine (C=N–C) groups is 1. The summed E-state index contributed by atoms with van der Waals surface area (Å²) >= 11 is 5.96. The van der Waals surface area contributed by atoms with Gasteiger partial charge in [-0.15, -0.1) is 11.6 Å². The lowest BCUT2D eigenvalue weighted by Gasteiger charge is -2.33. The molecule has 2 aromatic heterocycles. The van der Waals surface area contributed by atoms with Crippen molar-refractivity contribution in [3.8, 4) is 34.6 Å². The number of nitrogens with two attached hydrogens (primary N) is 1. The number of rotatable bonds is 3. The SMILES string of the molecule is CC(C#Cc1cnc2c(c1)C1(COC(N)=N1)c1cc(-c3cccnc3F)ccc1O2)(CO)CCl. The first-order valence-electron chi connectivity index (χ1n) is 10.5. The Hall–Kier alpha value is -3.67. The summed E-state index contributed by atoms with van der Waals surface area (Å²) in [6.45, 7) is 1.72. The molecule has 2 aliphatic heterocycles. The molecule has 2 aliphatic rings. The molecule has 3 aromatic rings. The molecule has 0 saturated carbocycles. The van der Waals surface area contributed by atoms with E-state index in [-0.39, 0.29) is 25.1 Å². The molecule has 2 atom stereocenters. The first kappa shape index (κ1) is 22.1. The third-order valence-electron chi connectivity index (χ3n) is 5.88. The van der Waals surface area contributed by atoms with Crippen LogP contribution in [0.1, 0.15) is 23.6 Å². The Kier molecular flexibility index (Phi) is 5.39. The molecule has 0 fully saturated rings. The molecule has 1 spiro atoms. The summed E-state index contributed by atoms with van der Waals surface area (Å²) in [5, 5.41) is 9.60. The van der Waals surface area contributed by atoms with E-state index in [4.69, 9.17) is 26.8 Å². The van der Waals surface area contributed by atoms with Crippen LogP contribution in [0.4, 0.5) is 4.39 Å². The van der Waals surface area contributed by atoms with Gasteiger partial charge in [0.15, 0.2) is 5.54 Å². The van der Waals surface area contributed by atoms with Gasteiger partial charge in [-0.1, -0.05) is 17.9 Å². The van der Waals surface area contributed by atoms with Crippen LogP contribution in [-0.2, 0) is 10.3 Å². The first-order chi connectivity index (χ1) is 16.4. The van der Waals surface area contributed by atoms with Crippen molar-refractivity contribution >= 4 is 17.6 Å². The molecule has 2 unspecified atom stereocenters. The Morgan fingerprint density at radius 3 is 2.82 bits per heavy atom. The summed E-state index contributed by atoms with van der Waals surface area (Å²) in [7, 11) is 0. The van der Waals surface area contributed by atoms with Crippen molar-refractivity contribution in [1.29, 1.82) is 0 Å².